The minimum atomic E-state index is -4.04. The number of sulfonamides is 1. The van der Waals surface area contributed by atoms with E-state index in [-0.39, 0.29) is 20.4 Å². The van der Waals surface area contributed by atoms with Crippen LogP contribution in [-0.4, -0.2) is 18.9 Å². The summed E-state index contributed by atoms with van der Waals surface area (Å²) >= 11 is 7.26. The van der Waals surface area contributed by atoms with Crippen LogP contribution in [0.3, 0.4) is 0 Å². The highest BCUT2D eigenvalue weighted by atomic mass is 35.5. The molecule has 0 bridgehead atoms. The standard InChI is InChI=1S/C23H20ClN3O4S2/c1-13-4-8-18(14(2)10-13)26-33(30,31)21-11-15(5-7-17(21)24)22(28)25-16-6-9-19-20(12-16)32-23(29)27(19)3/h4-12,26H,1-3H3,(H,25,28). The van der Waals surface area contributed by atoms with Crippen LogP contribution in [0.15, 0.2) is 64.3 Å². The largest absolute Gasteiger partial charge is 0.322 e. The average Bonchev–Trinajstić information content (AvgIpc) is 3.03. The van der Waals surface area contributed by atoms with Crippen molar-refractivity contribution < 1.29 is 13.2 Å². The quantitative estimate of drug-likeness (QED) is 0.405. The molecule has 0 unspecified atom stereocenters. The van der Waals surface area contributed by atoms with Crippen molar-refractivity contribution in [3.8, 4) is 0 Å². The van der Waals surface area contributed by atoms with Crippen molar-refractivity contribution >= 4 is 60.5 Å². The molecule has 0 aliphatic carbocycles. The molecule has 0 spiro atoms. The number of aromatic nitrogens is 1. The van der Waals surface area contributed by atoms with Gasteiger partial charge in [-0.2, -0.15) is 0 Å². The number of amides is 1. The minimum absolute atomic E-state index is 0.000653. The van der Waals surface area contributed by atoms with Crippen LogP contribution in [-0.2, 0) is 17.1 Å². The van der Waals surface area contributed by atoms with Crippen LogP contribution in [0.4, 0.5) is 11.4 Å². The van der Waals surface area contributed by atoms with Gasteiger partial charge in [-0.1, -0.05) is 40.6 Å². The molecular formula is C23H20ClN3O4S2. The fraction of sp³-hybridized carbons (Fsp3) is 0.130. The summed E-state index contributed by atoms with van der Waals surface area (Å²) in [6.07, 6.45) is 0. The fourth-order valence-electron chi connectivity index (χ4n) is 3.39. The summed E-state index contributed by atoms with van der Waals surface area (Å²) in [6.45, 7) is 3.72. The second-order valence-electron chi connectivity index (χ2n) is 7.63. The number of rotatable bonds is 5. The Bertz CT molecular complexity index is 1570. The second kappa shape index (κ2) is 8.66. The lowest BCUT2D eigenvalue weighted by atomic mass is 10.1. The van der Waals surface area contributed by atoms with Gasteiger partial charge in [0.15, 0.2) is 0 Å². The smallest absolute Gasteiger partial charge is 0.307 e. The zero-order chi connectivity index (χ0) is 23.9. The Balaban J connectivity index is 1.62. The average molecular weight is 502 g/mol. The molecule has 3 aromatic carbocycles. The summed E-state index contributed by atoms with van der Waals surface area (Å²) in [5, 5.41) is 2.74. The van der Waals surface area contributed by atoms with Gasteiger partial charge in [0.05, 0.1) is 20.9 Å². The lowest BCUT2D eigenvalue weighted by molar-refractivity contribution is 0.102. The molecule has 33 heavy (non-hydrogen) atoms. The molecule has 1 amide bonds. The Morgan fingerprint density at radius 1 is 1.03 bits per heavy atom. The summed E-state index contributed by atoms with van der Waals surface area (Å²) < 4.78 is 30.8. The normalized spacial score (nSPS) is 11.5. The molecule has 0 fully saturated rings. The van der Waals surface area contributed by atoms with Gasteiger partial charge in [-0.25, -0.2) is 8.42 Å². The summed E-state index contributed by atoms with van der Waals surface area (Å²) in [6, 6.07) is 14.5. The minimum Gasteiger partial charge on any atom is -0.322 e. The van der Waals surface area contributed by atoms with Crippen LogP contribution in [0.25, 0.3) is 10.2 Å². The van der Waals surface area contributed by atoms with E-state index in [1.54, 1.807) is 44.3 Å². The number of anilines is 2. The molecule has 7 nitrogen and oxygen atoms in total. The van der Waals surface area contributed by atoms with Crippen LogP contribution in [0.1, 0.15) is 21.5 Å². The van der Waals surface area contributed by atoms with Crippen molar-refractivity contribution in [1.29, 1.82) is 0 Å². The van der Waals surface area contributed by atoms with Crippen molar-refractivity contribution in [3.05, 3.63) is 86.0 Å². The summed E-state index contributed by atoms with van der Waals surface area (Å²) in [4.78, 5) is 24.4. The number of hydrogen-bond donors (Lipinski definition) is 2. The predicted octanol–water partition coefficient (Wildman–Crippen LogP) is 4.92. The summed E-state index contributed by atoms with van der Waals surface area (Å²) in [5.74, 6) is -0.503. The van der Waals surface area contributed by atoms with E-state index in [9.17, 15) is 18.0 Å². The van der Waals surface area contributed by atoms with Gasteiger partial charge in [-0.15, -0.1) is 0 Å². The third kappa shape index (κ3) is 4.66. The highest BCUT2D eigenvalue weighted by Gasteiger charge is 2.21. The van der Waals surface area contributed by atoms with Gasteiger partial charge in [0.25, 0.3) is 15.9 Å². The van der Waals surface area contributed by atoms with Crippen LogP contribution >= 0.6 is 22.9 Å². The summed E-state index contributed by atoms with van der Waals surface area (Å²) in [7, 11) is -2.36. The van der Waals surface area contributed by atoms with Gasteiger partial charge >= 0.3 is 4.87 Å². The SMILES string of the molecule is Cc1ccc(NS(=O)(=O)c2cc(C(=O)Nc3ccc4c(c3)sc(=O)n4C)ccc2Cl)c(C)c1. The molecule has 4 aromatic rings. The zero-order valence-corrected chi connectivity index (χ0v) is 20.4. The molecule has 0 atom stereocenters. The number of nitrogens with zero attached hydrogens (tertiary/aromatic N) is 1. The maximum Gasteiger partial charge on any atom is 0.307 e. The number of carbonyl (C=O) groups is 1. The van der Waals surface area contributed by atoms with E-state index in [2.05, 4.69) is 10.0 Å². The number of aryl methyl sites for hydroxylation is 3. The molecule has 2 N–H and O–H groups in total. The Hall–Kier alpha value is -3.14. The molecule has 1 heterocycles. The second-order valence-corrected chi connectivity index (χ2v) is 10.7. The predicted molar refractivity (Wildman–Crippen MR) is 133 cm³/mol. The lowest BCUT2D eigenvalue weighted by Crippen LogP contribution is -2.17. The van der Waals surface area contributed by atoms with E-state index >= 15 is 0 Å². The Labute approximate surface area is 199 Å². The van der Waals surface area contributed by atoms with Crippen LogP contribution < -0.4 is 14.9 Å². The number of benzene rings is 3. The van der Waals surface area contributed by atoms with Crippen LogP contribution in [0, 0.1) is 13.8 Å². The number of hydrogen-bond acceptors (Lipinski definition) is 5. The molecular weight excluding hydrogens is 482 g/mol. The number of carbonyl (C=O) groups excluding carboxylic acids is 1. The maximum atomic E-state index is 13.0. The third-order valence-corrected chi connectivity index (χ3v) is 8.00. The number of halogens is 1. The lowest BCUT2D eigenvalue weighted by Gasteiger charge is -2.13. The molecule has 1 aromatic heterocycles. The highest BCUT2D eigenvalue weighted by molar-refractivity contribution is 7.92. The summed E-state index contributed by atoms with van der Waals surface area (Å²) in [5.41, 5.74) is 3.58. The van der Waals surface area contributed by atoms with Crippen molar-refractivity contribution in [2.75, 3.05) is 10.0 Å². The molecule has 0 saturated carbocycles. The van der Waals surface area contributed by atoms with Crippen molar-refractivity contribution in [2.45, 2.75) is 18.7 Å². The van der Waals surface area contributed by atoms with Gasteiger partial charge < -0.3 is 9.88 Å². The van der Waals surface area contributed by atoms with Gasteiger partial charge in [-0.3, -0.25) is 14.3 Å². The fourth-order valence-corrected chi connectivity index (χ4v) is 5.97. The number of nitrogens with one attached hydrogen (secondary N) is 2. The molecule has 10 heteroatoms. The zero-order valence-electron chi connectivity index (χ0n) is 18.0. The van der Waals surface area contributed by atoms with E-state index in [4.69, 9.17) is 11.6 Å². The first-order chi connectivity index (χ1) is 15.5. The Kier molecular flexibility index (Phi) is 6.04. The van der Waals surface area contributed by atoms with E-state index in [1.165, 1.54) is 22.8 Å². The molecule has 0 aliphatic rings. The van der Waals surface area contributed by atoms with Crippen LogP contribution in [0.2, 0.25) is 5.02 Å². The van der Waals surface area contributed by atoms with Gasteiger partial charge in [0, 0.05) is 18.3 Å². The Morgan fingerprint density at radius 2 is 1.79 bits per heavy atom. The van der Waals surface area contributed by atoms with Gasteiger partial charge in [0.1, 0.15) is 4.90 Å². The van der Waals surface area contributed by atoms with E-state index in [0.717, 1.165) is 32.7 Å². The molecule has 170 valence electrons. The Morgan fingerprint density at radius 3 is 2.52 bits per heavy atom. The maximum absolute atomic E-state index is 13.0. The van der Waals surface area contributed by atoms with E-state index < -0.39 is 15.9 Å². The van der Waals surface area contributed by atoms with Crippen LogP contribution in [0.5, 0.6) is 0 Å². The topological polar surface area (TPSA) is 97.3 Å². The van der Waals surface area contributed by atoms with Crippen molar-refractivity contribution in [1.82, 2.24) is 4.57 Å². The first-order valence-electron chi connectivity index (χ1n) is 9.86. The molecule has 4 rings (SSSR count). The van der Waals surface area contributed by atoms with Gasteiger partial charge in [-0.05, 0) is 61.9 Å². The van der Waals surface area contributed by atoms with Gasteiger partial charge in [0.2, 0.25) is 0 Å². The molecule has 0 saturated heterocycles. The number of fused-ring (bicyclic) bond motifs is 1. The number of thiazole rings is 1. The monoisotopic (exact) mass is 501 g/mol. The third-order valence-electron chi connectivity index (χ3n) is 5.16. The first-order valence-corrected chi connectivity index (χ1v) is 12.5. The van der Waals surface area contributed by atoms with E-state index in [1.807, 2.05) is 13.0 Å². The van der Waals surface area contributed by atoms with Crippen molar-refractivity contribution in [2.24, 2.45) is 7.05 Å². The molecule has 0 aliphatic heterocycles. The molecule has 0 radical (unpaired) electrons. The first kappa shape index (κ1) is 23.0. The van der Waals surface area contributed by atoms with Crippen molar-refractivity contribution in [3.63, 3.8) is 0 Å². The van der Waals surface area contributed by atoms with E-state index in [0.29, 0.717) is 11.4 Å². The highest BCUT2D eigenvalue weighted by Crippen LogP contribution is 2.27.